The molecule has 1 saturated carbocycles. The third kappa shape index (κ3) is 5.73. The minimum Gasteiger partial charge on any atom is -0.383 e. The quantitative estimate of drug-likeness (QED) is 0.103. The number of hydrogen-bond donors (Lipinski definition) is 5. The van der Waals surface area contributed by atoms with Crippen molar-refractivity contribution in [1.29, 1.82) is 0 Å². The molecule has 0 unspecified atom stereocenters. The Bertz CT molecular complexity index is 1900. The van der Waals surface area contributed by atoms with E-state index in [1.165, 1.54) is 24.5 Å². The molecule has 0 saturated heterocycles. The summed E-state index contributed by atoms with van der Waals surface area (Å²) in [5, 5.41) is 8.44. The van der Waals surface area contributed by atoms with Crippen molar-refractivity contribution >= 4 is 44.9 Å². The number of para-hydroxylation sites is 1. The van der Waals surface area contributed by atoms with Crippen LogP contribution >= 0.6 is 11.6 Å². The molecule has 15 heteroatoms. The summed E-state index contributed by atoms with van der Waals surface area (Å²) in [6.07, 6.45) is -0.920. The Morgan fingerprint density at radius 1 is 1.11 bits per heavy atom. The topological polar surface area (TPSA) is 92.9 Å². The fraction of sp³-hybridized carbons (Fsp3) is 0.355. The number of nitrogens with zero attached hydrogens (tertiary/aromatic N) is 3. The van der Waals surface area contributed by atoms with E-state index in [0.717, 1.165) is 5.01 Å². The highest BCUT2D eigenvalue weighted by Gasteiger charge is 2.67. The zero-order valence-electron chi connectivity index (χ0n) is 24.8. The van der Waals surface area contributed by atoms with Gasteiger partial charge in [-0.3, -0.25) is 9.99 Å². The number of hydrogen-bond acceptors (Lipinski definition) is 7. The number of fused-ring (bicyclic) bond motifs is 2. The molecule has 2 aromatic heterocycles. The molecule has 1 fully saturated rings. The Morgan fingerprint density at radius 2 is 1.85 bits per heavy atom. The number of aromatic nitrogens is 3. The summed E-state index contributed by atoms with van der Waals surface area (Å²) in [6, 6.07) is 6.83. The van der Waals surface area contributed by atoms with Gasteiger partial charge in [0.15, 0.2) is 5.54 Å². The second kappa shape index (κ2) is 10.9. The molecule has 6 rings (SSSR count). The Morgan fingerprint density at radius 3 is 2.48 bits per heavy atom. The Labute approximate surface area is 264 Å². The van der Waals surface area contributed by atoms with Crippen LogP contribution in [0.15, 0.2) is 48.4 Å². The first-order valence-corrected chi connectivity index (χ1v) is 14.6. The Balaban J connectivity index is 1.48. The average molecular weight is 663 g/mol. The normalized spacial score (nSPS) is 17.1. The molecule has 0 bridgehead atoms. The van der Waals surface area contributed by atoms with E-state index in [1.54, 1.807) is 18.2 Å². The molecule has 0 radical (unpaired) electrons. The number of nitrogens with one attached hydrogen (secondary N) is 5. The Hall–Kier alpha value is -4.35. The van der Waals surface area contributed by atoms with Gasteiger partial charge in [-0.1, -0.05) is 50.4 Å². The van der Waals surface area contributed by atoms with E-state index >= 15 is 0 Å². The number of halogens is 7. The number of anilines is 2. The van der Waals surface area contributed by atoms with Crippen molar-refractivity contribution in [3.8, 4) is 12.3 Å². The lowest BCUT2D eigenvalue weighted by molar-refractivity contribution is -0.195. The van der Waals surface area contributed by atoms with Gasteiger partial charge in [0, 0.05) is 35.6 Å². The van der Waals surface area contributed by atoms with Crippen molar-refractivity contribution in [3.63, 3.8) is 0 Å². The molecule has 1 atom stereocenters. The molecule has 0 spiro atoms. The van der Waals surface area contributed by atoms with Gasteiger partial charge in [-0.25, -0.2) is 4.98 Å². The van der Waals surface area contributed by atoms with Crippen molar-refractivity contribution in [2.24, 2.45) is 5.41 Å². The number of pyridine rings is 1. The highest BCUT2D eigenvalue weighted by atomic mass is 35.5. The molecule has 3 heterocycles. The number of H-pyrrole nitrogens is 1. The number of rotatable bonds is 7. The van der Waals surface area contributed by atoms with Crippen LogP contribution < -0.4 is 21.6 Å². The third-order valence-electron chi connectivity index (χ3n) is 7.92. The van der Waals surface area contributed by atoms with Crippen LogP contribution in [0.3, 0.4) is 0 Å². The summed E-state index contributed by atoms with van der Waals surface area (Å²) in [4.78, 5) is 10.6. The van der Waals surface area contributed by atoms with Crippen LogP contribution in [0.5, 0.6) is 0 Å². The lowest BCUT2D eigenvalue weighted by Gasteiger charge is -2.28. The summed E-state index contributed by atoms with van der Waals surface area (Å²) >= 11 is 6.70. The van der Waals surface area contributed by atoms with E-state index in [-0.39, 0.29) is 45.6 Å². The monoisotopic (exact) mass is 662 g/mol. The van der Waals surface area contributed by atoms with E-state index in [2.05, 4.69) is 42.5 Å². The number of imidazole rings is 1. The molecule has 1 aliphatic carbocycles. The maximum Gasteiger partial charge on any atom is 0.449 e. The largest absolute Gasteiger partial charge is 0.449 e. The fourth-order valence-corrected chi connectivity index (χ4v) is 5.66. The second-order valence-corrected chi connectivity index (χ2v) is 13.0. The van der Waals surface area contributed by atoms with Crippen molar-refractivity contribution in [3.05, 3.63) is 70.4 Å². The van der Waals surface area contributed by atoms with Gasteiger partial charge < -0.3 is 21.0 Å². The molecule has 5 N–H and O–H groups in total. The lowest BCUT2D eigenvalue weighted by Crippen LogP contribution is -2.52. The predicted molar refractivity (Wildman–Crippen MR) is 164 cm³/mol. The van der Waals surface area contributed by atoms with Gasteiger partial charge in [0.2, 0.25) is 5.82 Å². The van der Waals surface area contributed by atoms with Crippen molar-refractivity contribution < 1.29 is 26.3 Å². The first kappa shape index (κ1) is 31.6. The minimum atomic E-state index is -4.75. The molecular weight excluding hydrogens is 634 g/mol. The van der Waals surface area contributed by atoms with Crippen LogP contribution in [-0.4, -0.2) is 38.2 Å². The zero-order chi connectivity index (χ0) is 33.2. The predicted octanol–water partition coefficient (Wildman–Crippen LogP) is 7.64. The van der Waals surface area contributed by atoms with Crippen LogP contribution in [-0.2, 0) is 6.18 Å². The summed E-state index contributed by atoms with van der Waals surface area (Å²) in [5.41, 5.74) is 5.67. The lowest BCUT2D eigenvalue weighted by atomic mass is 9.96. The summed E-state index contributed by atoms with van der Waals surface area (Å²) in [6.45, 7) is 6.70. The highest BCUT2D eigenvalue weighted by molar-refractivity contribution is 6.35. The molecule has 0 amide bonds. The third-order valence-corrected chi connectivity index (χ3v) is 8.21. The smallest absolute Gasteiger partial charge is 0.383 e. The van der Waals surface area contributed by atoms with E-state index in [9.17, 15) is 26.3 Å². The minimum absolute atomic E-state index is 0.0128. The summed E-state index contributed by atoms with van der Waals surface area (Å²) in [7, 11) is 0. The van der Waals surface area contributed by atoms with Gasteiger partial charge in [-0.2, -0.15) is 26.3 Å². The van der Waals surface area contributed by atoms with Crippen LogP contribution in [0, 0.1) is 17.8 Å². The molecule has 2 aromatic carbocycles. The van der Waals surface area contributed by atoms with Gasteiger partial charge >= 0.3 is 12.4 Å². The highest BCUT2D eigenvalue weighted by Crippen LogP contribution is 2.54. The fourth-order valence-electron chi connectivity index (χ4n) is 5.39. The van der Waals surface area contributed by atoms with Gasteiger partial charge in [0.25, 0.3) is 0 Å². The number of alkyl halides is 6. The van der Waals surface area contributed by atoms with Crippen LogP contribution in [0.25, 0.3) is 21.9 Å². The van der Waals surface area contributed by atoms with Crippen LogP contribution in [0.1, 0.15) is 56.6 Å². The molecule has 242 valence electrons. The number of terminal acetylenes is 1. The molecular formula is C31H29ClF6N8. The van der Waals surface area contributed by atoms with Gasteiger partial charge in [-0.15, -0.1) is 12.0 Å². The van der Waals surface area contributed by atoms with Crippen LogP contribution in [0.2, 0.25) is 5.02 Å². The van der Waals surface area contributed by atoms with Crippen molar-refractivity contribution in [1.82, 2.24) is 30.9 Å². The number of benzene rings is 2. The van der Waals surface area contributed by atoms with E-state index in [0.29, 0.717) is 34.4 Å². The van der Waals surface area contributed by atoms with E-state index in [4.69, 9.17) is 18.0 Å². The summed E-state index contributed by atoms with van der Waals surface area (Å²) < 4.78 is 82.9. The maximum atomic E-state index is 14.0. The SMILES string of the molecule is C#Cc1cnc2c(Cl)cc(N[C@H](C3=CN(C4(C(F)(F)F)CC4)NN3)c3cccc4[nH]c(C(F)(F)F)nc34)cc2c1NCC(C)(C)C. The standard InChI is InChI=1S/C31H29ClF6N8/c1-5-16-13-39-24-19(23(16)40-15-28(2,3)4)11-17(12-20(24)32)41-26(22-14-46(45-44-22)29(9-10-29)31(36,37)38)18-7-6-8-21-25(18)43-27(42-21)30(33,34)35/h1,6-8,11-14,26,41,44-45H,9-10,15H2,2-4H3,(H,39,40)(H,42,43)/t26-/m0/s1. The maximum absolute atomic E-state index is 14.0. The molecule has 46 heavy (non-hydrogen) atoms. The van der Waals surface area contributed by atoms with Gasteiger partial charge in [0.1, 0.15) is 0 Å². The number of aromatic amines is 1. The number of hydrazine groups is 2. The first-order chi connectivity index (χ1) is 21.5. The van der Waals surface area contributed by atoms with Crippen molar-refractivity contribution in [2.45, 2.75) is 57.5 Å². The van der Waals surface area contributed by atoms with Gasteiger partial charge in [0.05, 0.1) is 44.6 Å². The first-order valence-electron chi connectivity index (χ1n) is 14.3. The van der Waals surface area contributed by atoms with E-state index < -0.39 is 29.8 Å². The molecule has 8 nitrogen and oxygen atoms in total. The van der Waals surface area contributed by atoms with Crippen molar-refractivity contribution in [2.75, 3.05) is 17.2 Å². The molecule has 2 aliphatic rings. The molecule has 1 aliphatic heterocycles. The van der Waals surface area contributed by atoms with E-state index in [1.807, 2.05) is 20.8 Å². The van der Waals surface area contributed by atoms with Crippen LogP contribution in [0.4, 0.5) is 37.7 Å². The zero-order valence-corrected chi connectivity index (χ0v) is 25.6. The average Bonchev–Trinajstić information content (AvgIpc) is 3.43. The molecule has 4 aromatic rings. The second-order valence-electron chi connectivity index (χ2n) is 12.6. The van der Waals surface area contributed by atoms with Gasteiger partial charge in [-0.05, 0) is 36.5 Å². The summed E-state index contributed by atoms with van der Waals surface area (Å²) in [5.74, 6) is 1.43. The Kier molecular flexibility index (Phi) is 7.48.